The molecule has 192 valence electrons. The van der Waals surface area contributed by atoms with Gasteiger partial charge in [-0.05, 0) is 50.6 Å². The molecule has 11 heteroatoms. The van der Waals surface area contributed by atoms with E-state index in [1.54, 1.807) is 45.0 Å². The van der Waals surface area contributed by atoms with Crippen molar-refractivity contribution in [2.45, 2.75) is 32.2 Å². The number of thiophene rings is 1. The van der Waals surface area contributed by atoms with Gasteiger partial charge < -0.3 is 14.8 Å². The molecule has 1 amide bonds. The van der Waals surface area contributed by atoms with Gasteiger partial charge in [0.2, 0.25) is 5.91 Å². The van der Waals surface area contributed by atoms with Crippen LogP contribution in [0.15, 0.2) is 41.4 Å². The minimum absolute atomic E-state index is 0.0797. The third-order valence-corrected chi connectivity index (χ3v) is 7.46. The molecule has 0 atom stereocenters. The van der Waals surface area contributed by atoms with Gasteiger partial charge in [0.05, 0.1) is 30.0 Å². The Morgan fingerprint density at radius 3 is 2.41 bits per heavy atom. The van der Waals surface area contributed by atoms with Gasteiger partial charge in [-0.1, -0.05) is 23.7 Å². The number of nitriles is 1. The maximum absolute atomic E-state index is 12.7. The molecule has 0 radical (unpaired) electrons. The number of carbonyl (C=O) groups is 3. The van der Waals surface area contributed by atoms with Crippen LogP contribution in [0, 0.1) is 18.3 Å². The number of ether oxygens (including phenoxy) is 2. The van der Waals surface area contributed by atoms with Gasteiger partial charge in [-0.15, -0.1) is 23.1 Å². The summed E-state index contributed by atoms with van der Waals surface area (Å²) in [5, 5.41) is 13.5. The van der Waals surface area contributed by atoms with Crippen LogP contribution in [0.25, 0.3) is 11.3 Å². The number of amides is 1. The van der Waals surface area contributed by atoms with Gasteiger partial charge in [0.25, 0.3) is 0 Å². The minimum Gasteiger partial charge on any atom is -0.462 e. The highest BCUT2D eigenvalue weighted by molar-refractivity contribution is 7.99. The lowest BCUT2D eigenvalue weighted by atomic mass is 10.1. The van der Waals surface area contributed by atoms with Crippen LogP contribution in [0.4, 0.5) is 5.00 Å². The van der Waals surface area contributed by atoms with Crippen molar-refractivity contribution in [1.82, 2.24) is 4.98 Å². The van der Waals surface area contributed by atoms with E-state index >= 15 is 0 Å². The number of rotatable bonds is 10. The molecule has 0 aliphatic rings. The van der Waals surface area contributed by atoms with Crippen molar-refractivity contribution in [1.29, 1.82) is 5.26 Å². The molecule has 0 fully saturated rings. The maximum atomic E-state index is 12.7. The number of aromatic nitrogens is 1. The highest BCUT2D eigenvalue weighted by Crippen LogP contribution is 2.35. The number of pyridine rings is 1. The molecule has 3 rings (SSSR count). The van der Waals surface area contributed by atoms with E-state index in [2.05, 4.69) is 16.4 Å². The summed E-state index contributed by atoms with van der Waals surface area (Å²) in [5.41, 5.74) is 2.47. The van der Waals surface area contributed by atoms with Gasteiger partial charge in [0.15, 0.2) is 0 Å². The van der Waals surface area contributed by atoms with E-state index in [0.29, 0.717) is 32.6 Å². The van der Waals surface area contributed by atoms with Crippen molar-refractivity contribution in [2.75, 3.05) is 24.3 Å². The predicted molar refractivity (Wildman–Crippen MR) is 144 cm³/mol. The van der Waals surface area contributed by atoms with E-state index in [4.69, 9.17) is 21.1 Å². The van der Waals surface area contributed by atoms with Crippen molar-refractivity contribution in [2.24, 2.45) is 0 Å². The third-order valence-electron chi connectivity index (χ3n) is 5.03. The van der Waals surface area contributed by atoms with E-state index in [-0.39, 0.29) is 41.0 Å². The number of nitrogens with zero attached hydrogens (tertiary/aromatic N) is 2. The Bertz CT molecular complexity index is 1350. The Morgan fingerprint density at radius 2 is 1.76 bits per heavy atom. The van der Waals surface area contributed by atoms with Gasteiger partial charge >= 0.3 is 11.9 Å². The van der Waals surface area contributed by atoms with E-state index in [0.717, 1.165) is 16.9 Å². The fourth-order valence-electron chi connectivity index (χ4n) is 3.29. The van der Waals surface area contributed by atoms with Crippen molar-refractivity contribution in [3.05, 3.63) is 63.0 Å². The number of halogens is 1. The van der Waals surface area contributed by atoms with Gasteiger partial charge in [0, 0.05) is 22.8 Å². The number of benzene rings is 1. The zero-order valence-electron chi connectivity index (χ0n) is 20.4. The van der Waals surface area contributed by atoms with E-state index in [1.807, 2.05) is 12.1 Å². The first-order chi connectivity index (χ1) is 17.8. The smallest absolute Gasteiger partial charge is 0.348 e. The average Bonchev–Trinajstić information content (AvgIpc) is 3.20. The largest absolute Gasteiger partial charge is 0.462 e. The Kier molecular flexibility index (Phi) is 10.1. The summed E-state index contributed by atoms with van der Waals surface area (Å²) >= 11 is 8.22. The highest BCUT2D eigenvalue weighted by atomic mass is 35.5. The molecule has 8 nitrogen and oxygen atoms in total. The van der Waals surface area contributed by atoms with Gasteiger partial charge in [-0.25, -0.2) is 14.6 Å². The monoisotopic (exact) mass is 557 g/mol. The molecule has 0 spiro atoms. The van der Waals surface area contributed by atoms with Crippen molar-refractivity contribution in [3.8, 4) is 17.3 Å². The molecule has 0 saturated heterocycles. The number of carbonyl (C=O) groups excluding carboxylic acids is 3. The lowest BCUT2D eigenvalue weighted by Gasteiger charge is -2.08. The molecular weight excluding hydrogens is 534 g/mol. The molecule has 0 aliphatic carbocycles. The zero-order valence-corrected chi connectivity index (χ0v) is 22.8. The molecular formula is C26H24ClN3O5S2. The number of esters is 2. The molecule has 0 saturated carbocycles. The van der Waals surface area contributed by atoms with Crippen molar-refractivity contribution < 1.29 is 23.9 Å². The summed E-state index contributed by atoms with van der Waals surface area (Å²) in [7, 11) is 0. The van der Waals surface area contributed by atoms with Crippen LogP contribution in [-0.4, -0.2) is 41.8 Å². The maximum Gasteiger partial charge on any atom is 0.348 e. The topological polar surface area (TPSA) is 118 Å². The molecule has 1 N–H and O–H groups in total. The van der Waals surface area contributed by atoms with Crippen LogP contribution in [0.3, 0.4) is 0 Å². The average molecular weight is 558 g/mol. The second-order valence-corrected chi connectivity index (χ2v) is 10.1. The molecule has 2 aromatic heterocycles. The van der Waals surface area contributed by atoms with Crippen LogP contribution in [0.2, 0.25) is 5.02 Å². The first-order valence-electron chi connectivity index (χ1n) is 11.4. The predicted octanol–water partition coefficient (Wildman–Crippen LogP) is 6.12. The van der Waals surface area contributed by atoms with Crippen LogP contribution in [0.1, 0.15) is 51.4 Å². The summed E-state index contributed by atoms with van der Waals surface area (Å²) in [6.45, 7) is 5.30. The molecule has 0 unspecified atom stereocenters. The normalized spacial score (nSPS) is 10.5. The molecule has 0 bridgehead atoms. The summed E-state index contributed by atoms with van der Waals surface area (Å²) in [6.07, 6.45) is 0.0797. The number of hydrogen-bond donors (Lipinski definition) is 1. The van der Waals surface area contributed by atoms with Crippen molar-refractivity contribution in [3.63, 3.8) is 0 Å². The number of thioether (sulfide) groups is 1. The summed E-state index contributed by atoms with van der Waals surface area (Å²) in [5.74, 6) is -1.22. The third kappa shape index (κ3) is 7.10. The standard InChI is InChI=1S/C26H24ClN3O5S2/c1-4-34-25(32)21-15(3)22(26(33)35-5-2)37-24(21)30-20(31)12-13-36-23-17(14-28)8-11-19(29-23)16-6-9-18(27)10-7-16/h6-11H,4-5,12-13H2,1-3H3,(H,30,31). The summed E-state index contributed by atoms with van der Waals surface area (Å²) < 4.78 is 10.2. The molecule has 3 aromatic rings. The van der Waals surface area contributed by atoms with Crippen LogP contribution in [-0.2, 0) is 14.3 Å². The minimum atomic E-state index is -0.627. The SMILES string of the molecule is CCOC(=O)c1sc(NC(=O)CCSc2nc(-c3ccc(Cl)cc3)ccc2C#N)c(C(=O)OCC)c1C. The van der Waals surface area contributed by atoms with Crippen LogP contribution >= 0.6 is 34.7 Å². The summed E-state index contributed by atoms with van der Waals surface area (Å²) in [6, 6.07) is 12.8. The van der Waals surface area contributed by atoms with Crippen LogP contribution in [0.5, 0.6) is 0 Å². The number of hydrogen-bond acceptors (Lipinski definition) is 9. The molecule has 1 aromatic carbocycles. The number of nitrogens with one attached hydrogen (secondary N) is 1. The van der Waals surface area contributed by atoms with Gasteiger partial charge in [0.1, 0.15) is 21.0 Å². The van der Waals surface area contributed by atoms with E-state index in [1.165, 1.54) is 11.8 Å². The fraction of sp³-hybridized carbons (Fsp3) is 0.269. The van der Waals surface area contributed by atoms with Crippen molar-refractivity contribution >= 4 is 57.5 Å². The summed E-state index contributed by atoms with van der Waals surface area (Å²) in [4.78, 5) is 42.4. The molecule has 37 heavy (non-hydrogen) atoms. The Balaban J connectivity index is 1.73. The quantitative estimate of drug-likeness (QED) is 0.234. The second kappa shape index (κ2) is 13.2. The Hall–Kier alpha value is -3.39. The van der Waals surface area contributed by atoms with E-state index < -0.39 is 11.9 Å². The Morgan fingerprint density at radius 1 is 1.08 bits per heavy atom. The molecule has 2 heterocycles. The fourth-order valence-corrected chi connectivity index (χ4v) is 5.43. The van der Waals surface area contributed by atoms with Crippen LogP contribution < -0.4 is 5.32 Å². The lowest BCUT2D eigenvalue weighted by molar-refractivity contribution is -0.115. The zero-order chi connectivity index (χ0) is 26.9. The second-order valence-electron chi connectivity index (χ2n) is 7.52. The van der Waals surface area contributed by atoms with Gasteiger partial charge in [-0.3, -0.25) is 4.79 Å². The highest BCUT2D eigenvalue weighted by Gasteiger charge is 2.27. The van der Waals surface area contributed by atoms with Gasteiger partial charge in [-0.2, -0.15) is 5.26 Å². The lowest BCUT2D eigenvalue weighted by Crippen LogP contribution is -2.15. The first kappa shape index (κ1) is 28.2. The first-order valence-corrected chi connectivity index (χ1v) is 13.5. The molecule has 0 aliphatic heterocycles. The number of anilines is 1. The van der Waals surface area contributed by atoms with E-state index in [9.17, 15) is 19.6 Å². The Labute approximate surface area is 228 Å².